The average molecular weight is 177 g/mol. The predicted molar refractivity (Wildman–Crippen MR) is 54.1 cm³/mol. The zero-order valence-corrected chi connectivity index (χ0v) is 7.08. The smallest absolute Gasteiger partial charge is 0.247 e. The van der Waals surface area contributed by atoms with Crippen LogP contribution in [0.1, 0.15) is 0 Å². The molecular formula is C9H11N3O. The summed E-state index contributed by atoms with van der Waals surface area (Å²) >= 11 is 0. The number of rotatable bonds is 2. The van der Waals surface area contributed by atoms with Crippen LogP contribution in [0.2, 0.25) is 0 Å². The normalized spacial score (nSPS) is 9.23. The number of para-hydroxylation sites is 1. The SMILES string of the molecule is C=CC(=O)Nc1cccc(N)c1N. The van der Waals surface area contributed by atoms with E-state index in [2.05, 4.69) is 11.9 Å². The van der Waals surface area contributed by atoms with Crippen molar-refractivity contribution < 1.29 is 4.79 Å². The number of hydrogen-bond donors (Lipinski definition) is 3. The molecule has 0 saturated carbocycles. The summed E-state index contributed by atoms with van der Waals surface area (Å²) in [5.41, 5.74) is 12.5. The molecule has 0 aliphatic rings. The molecule has 0 aliphatic heterocycles. The number of anilines is 3. The van der Waals surface area contributed by atoms with Gasteiger partial charge in [-0.05, 0) is 18.2 Å². The quantitative estimate of drug-likeness (QED) is 0.465. The van der Waals surface area contributed by atoms with E-state index in [-0.39, 0.29) is 5.91 Å². The first-order valence-electron chi connectivity index (χ1n) is 3.72. The molecule has 68 valence electrons. The fourth-order valence-corrected chi connectivity index (χ4v) is 0.876. The Kier molecular flexibility index (Phi) is 2.54. The standard InChI is InChI=1S/C9H11N3O/c1-2-8(13)12-7-5-3-4-6(10)9(7)11/h2-5H,1,10-11H2,(H,12,13). The summed E-state index contributed by atoms with van der Waals surface area (Å²) in [4.78, 5) is 10.9. The van der Waals surface area contributed by atoms with Gasteiger partial charge in [-0.2, -0.15) is 0 Å². The number of nitrogens with one attached hydrogen (secondary N) is 1. The molecule has 4 nitrogen and oxygen atoms in total. The Hall–Kier alpha value is -1.97. The third kappa shape index (κ3) is 1.99. The maximum Gasteiger partial charge on any atom is 0.247 e. The zero-order valence-electron chi connectivity index (χ0n) is 7.08. The van der Waals surface area contributed by atoms with Crippen LogP contribution in [0.15, 0.2) is 30.9 Å². The number of benzene rings is 1. The zero-order chi connectivity index (χ0) is 9.84. The first-order chi connectivity index (χ1) is 6.15. The molecule has 0 radical (unpaired) electrons. The van der Waals surface area contributed by atoms with Gasteiger partial charge in [0, 0.05) is 0 Å². The highest BCUT2D eigenvalue weighted by atomic mass is 16.1. The first kappa shape index (κ1) is 9.12. The van der Waals surface area contributed by atoms with E-state index >= 15 is 0 Å². The topological polar surface area (TPSA) is 81.1 Å². The Bertz CT molecular complexity index is 347. The molecule has 1 aromatic carbocycles. The molecule has 5 N–H and O–H groups in total. The van der Waals surface area contributed by atoms with Gasteiger partial charge in [-0.1, -0.05) is 12.6 Å². The largest absolute Gasteiger partial charge is 0.397 e. The lowest BCUT2D eigenvalue weighted by molar-refractivity contribution is -0.111. The van der Waals surface area contributed by atoms with Crippen molar-refractivity contribution in [3.63, 3.8) is 0 Å². The van der Waals surface area contributed by atoms with Crippen LogP contribution in [0.25, 0.3) is 0 Å². The molecule has 4 heteroatoms. The number of nitrogens with two attached hydrogens (primary N) is 2. The molecule has 13 heavy (non-hydrogen) atoms. The Morgan fingerprint density at radius 1 is 1.46 bits per heavy atom. The average Bonchev–Trinajstić information content (AvgIpc) is 2.13. The summed E-state index contributed by atoms with van der Waals surface area (Å²) in [6, 6.07) is 5.05. The molecule has 0 saturated heterocycles. The maximum absolute atomic E-state index is 10.9. The molecule has 0 aliphatic carbocycles. The lowest BCUT2D eigenvalue weighted by atomic mass is 10.2. The van der Waals surface area contributed by atoms with E-state index in [9.17, 15) is 4.79 Å². The molecule has 0 aromatic heterocycles. The molecular weight excluding hydrogens is 166 g/mol. The van der Waals surface area contributed by atoms with Gasteiger partial charge in [0.1, 0.15) is 0 Å². The van der Waals surface area contributed by atoms with Crippen LogP contribution in [0.3, 0.4) is 0 Å². The number of nitrogen functional groups attached to an aromatic ring is 2. The van der Waals surface area contributed by atoms with Crippen LogP contribution in [-0.4, -0.2) is 5.91 Å². The van der Waals surface area contributed by atoms with E-state index in [0.717, 1.165) is 0 Å². The third-order valence-electron chi connectivity index (χ3n) is 1.58. The molecule has 0 heterocycles. The van der Waals surface area contributed by atoms with E-state index in [1.54, 1.807) is 18.2 Å². The summed E-state index contributed by atoms with van der Waals surface area (Å²) in [7, 11) is 0. The summed E-state index contributed by atoms with van der Waals surface area (Å²) < 4.78 is 0. The van der Waals surface area contributed by atoms with Gasteiger partial charge in [0.15, 0.2) is 0 Å². The molecule has 0 fully saturated rings. The van der Waals surface area contributed by atoms with Gasteiger partial charge < -0.3 is 16.8 Å². The second-order valence-corrected chi connectivity index (χ2v) is 2.50. The third-order valence-corrected chi connectivity index (χ3v) is 1.58. The van der Waals surface area contributed by atoms with Gasteiger partial charge in [-0.25, -0.2) is 0 Å². The summed E-state index contributed by atoms with van der Waals surface area (Å²) in [6.07, 6.45) is 1.17. The molecule has 0 spiro atoms. The van der Waals surface area contributed by atoms with Crippen LogP contribution in [0, 0.1) is 0 Å². The Morgan fingerprint density at radius 3 is 2.77 bits per heavy atom. The van der Waals surface area contributed by atoms with Crippen LogP contribution in [0.5, 0.6) is 0 Å². The Labute approximate surface area is 76.2 Å². The van der Waals surface area contributed by atoms with Crippen molar-refractivity contribution in [1.29, 1.82) is 0 Å². The fourth-order valence-electron chi connectivity index (χ4n) is 0.876. The van der Waals surface area contributed by atoms with Crippen molar-refractivity contribution in [3.8, 4) is 0 Å². The summed E-state index contributed by atoms with van der Waals surface area (Å²) in [5, 5.41) is 2.54. The van der Waals surface area contributed by atoms with E-state index in [0.29, 0.717) is 17.1 Å². The first-order valence-corrected chi connectivity index (χ1v) is 3.72. The number of hydrogen-bond acceptors (Lipinski definition) is 3. The van der Waals surface area contributed by atoms with Gasteiger partial charge >= 0.3 is 0 Å². The number of carbonyl (C=O) groups is 1. The van der Waals surface area contributed by atoms with Crippen molar-refractivity contribution in [1.82, 2.24) is 0 Å². The van der Waals surface area contributed by atoms with Crippen molar-refractivity contribution in [2.24, 2.45) is 0 Å². The summed E-state index contributed by atoms with van der Waals surface area (Å²) in [5.74, 6) is -0.308. The molecule has 0 unspecified atom stereocenters. The highest BCUT2D eigenvalue weighted by Gasteiger charge is 2.03. The molecule has 0 bridgehead atoms. The highest BCUT2D eigenvalue weighted by Crippen LogP contribution is 2.24. The fraction of sp³-hybridized carbons (Fsp3) is 0. The second kappa shape index (κ2) is 3.62. The van der Waals surface area contributed by atoms with E-state index in [4.69, 9.17) is 11.5 Å². The molecule has 1 rings (SSSR count). The second-order valence-electron chi connectivity index (χ2n) is 2.50. The van der Waals surface area contributed by atoms with Crippen LogP contribution >= 0.6 is 0 Å². The predicted octanol–water partition coefficient (Wildman–Crippen LogP) is 0.975. The minimum Gasteiger partial charge on any atom is -0.397 e. The van der Waals surface area contributed by atoms with Gasteiger partial charge in [-0.15, -0.1) is 0 Å². The minimum atomic E-state index is -0.308. The van der Waals surface area contributed by atoms with Crippen molar-refractivity contribution >= 4 is 23.0 Å². The maximum atomic E-state index is 10.9. The molecule has 1 amide bonds. The minimum absolute atomic E-state index is 0.308. The number of amides is 1. The van der Waals surface area contributed by atoms with Crippen LogP contribution in [0.4, 0.5) is 17.1 Å². The van der Waals surface area contributed by atoms with E-state index < -0.39 is 0 Å². The van der Waals surface area contributed by atoms with Crippen molar-refractivity contribution in [2.75, 3.05) is 16.8 Å². The van der Waals surface area contributed by atoms with Crippen molar-refractivity contribution in [2.45, 2.75) is 0 Å². The molecule has 0 atom stereocenters. The van der Waals surface area contributed by atoms with E-state index in [1.165, 1.54) is 6.08 Å². The van der Waals surface area contributed by atoms with E-state index in [1.807, 2.05) is 0 Å². The Morgan fingerprint density at radius 2 is 2.15 bits per heavy atom. The monoisotopic (exact) mass is 177 g/mol. The van der Waals surface area contributed by atoms with Gasteiger partial charge in [0.2, 0.25) is 5.91 Å². The van der Waals surface area contributed by atoms with Crippen LogP contribution in [-0.2, 0) is 4.79 Å². The summed E-state index contributed by atoms with van der Waals surface area (Å²) in [6.45, 7) is 3.32. The highest BCUT2D eigenvalue weighted by molar-refractivity contribution is 6.02. The Balaban J connectivity index is 2.95. The van der Waals surface area contributed by atoms with Gasteiger partial charge in [0.25, 0.3) is 0 Å². The lowest BCUT2D eigenvalue weighted by Gasteiger charge is -2.07. The van der Waals surface area contributed by atoms with Gasteiger partial charge in [-0.3, -0.25) is 4.79 Å². The van der Waals surface area contributed by atoms with Crippen molar-refractivity contribution in [3.05, 3.63) is 30.9 Å². The van der Waals surface area contributed by atoms with Gasteiger partial charge in [0.05, 0.1) is 17.1 Å². The number of carbonyl (C=O) groups excluding carboxylic acids is 1. The van der Waals surface area contributed by atoms with Crippen LogP contribution < -0.4 is 16.8 Å². The lowest BCUT2D eigenvalue weighted by Crippen LogP contribution is -2.10. The molecule has 1 aromatic rings.